The van der Waals surface area contributed by atoms with E-state index >= 15 is 0 Å². The molecule has 0 saturated carbocycles. The van der Waals surface area contributed by atoms with E-state index in [-0.39, 0.29) is 36.1 Å². The van der Waals surface area contributed by atoms with E-state index in [1.165, 1.54) is 11.8 Å². The van der Waals surface area contributed by atoms with E-state index < -0.39 is 0 Å². The van der Waals surface area contributed by atoms with E-state index in [0.29, 0.717) is 40.2 Å². The molecule has 1 aromatic carbocycles. The second-order valence-corrected chi connectivity index (χ2v) is 8.00. The highest BCUT2D eigenvalue weighted by molar-refractivity contribution is 6.36. The van der Waals surface area contributed by atoms with Crippen molar-refractivity contribution < 1.29 is 9.53 Å². The Morgan fingerprint density at radius 1 is 1.33 bits per heavy atom. The molecule has 3 aromatic rings. The monoisotopic (exact) mass is 450 g/mol. The molecule has 0 bridgehead atoms. The number of piperidine rings is 1. The molecule has 11 heteroatoms. The van der Waals surface area contributed by atoms with Gasteiger partial charge in [0.1, 0.15) is 12.4 Å². The third kappa shape index (κ3) is 4.05. The van der Waals surface area contributed by atoms with Crippen molar-refractivity contribution in [1.29, 1.82) is 0 Å². The van der Waals surface area contributed by atoms with Crippen molar-refractivity contribution in [2.24, 2.45) is 0 Å². The highest BCUT2D eigenvalue weighted by Gasteiger charge is 2.27. The van der Waals surface area contributed by atoms with Gasteiger partial charge in [-0.1, -0.05) is 34.5 Å². The van der Waals surface area contributed by atoms with Gasteiger partial charge < -0.3 is 14.6 Å². The first kappa shape index (κ1) is 20.8. The largest absolute Gasteiger partial charge is 0.375 e. The smallest absolute Gasteiger partial charge is 0.281 e. The van der Waals surface area contributed by atoms with Crippen LogP contribution in [-0.4, -0.2) is 62.6 Å². The topological polar surface area (TPSA) is 106 Å². The lowest BCUT2D eigenvalue weighted by molar-refractivity contribution is -0.136. The Hall–Kier alpha value is -2.49. The maximum absolute atomic E-state index is 12.6. The first-order valence-corrected chi connectivity index (χ1v) is 10.3. The number of aromatic amines is 1. The maximum atomic E-state index is 12.6. The number of hydrogen-bond donors (Lipinski definition) is 1. The van der Waals surface area contributed by atoms with Gasteiger partial charge in [-0.3, -0.25) is 9.59 Å². The molecule has 158 valence electrons. The average Bonchev–Trinajstić information content (AvgIpc) is 3.14. The van der Waals surface area contributed by atoms with Crippen molar-refractivity contribution in [3.05, 3.63) is 50.0 Å². The van der Waals surface area contributed by atoms with Crippen molar-refractivity contribution in [2.75, 3.05) is 26.8 Å². The van der Waals surface area contributed by atoms with Gasteiger partial charge in [0, 0.05) is 41.7 Å². The van der Waals surface area contributed by atoms with Crippen molar-refractivity contribution >= 4 is 40.3 Å². The van der Waals surface area contributed by atoms with Gasteiger partial charge in [-0.15, -0.1) is 5.10 Å². The molecule has 9 nitrogen and oxygen atoms in total. The number of nitrogens with zero attached hydrogens (tertiary/aromatic N) is 5. The lowest BCUT2D eigenvalue weighted by atomic mass is 9.97. The summed E-state index contributed by atoms with van der Waals surface area (Å²) in [5.74, 6) is 0.339. The number of carbonyl (C=O) groups is 1. The zero-order chi connectivity index (χ0) is 21.3. The third-order valence-electron chi connectivity index (χ3n) is 5.19. The summed E-state index contributed by atoms with van der Waals surface area (Å²) in [6, 6.07) is 5.23. The van der Waals surface area contributed by atoms with Crippen molar-refractivity contribution in [1.82, 2.24) is 29.9 Å². The van der Waals surface area contributed by atoms with E-state index in [1.54, 1.807) is 23.1 Å². The number of methoxy groups -OCH3 is 1. The minimum atomic E-state index is -0.369. The van der Waals surface area contributed by atoms with Crippen molar-refractivity contribution in [3.8, 4) is 0 Å². The Bertz CT molecular complexity index is 1120. The van der Waals surface area contributed by atoms with Crippen LogP contribution in [0.5, 0.6) is 0 Å². The molecule has 0 radical (unpaired) electrons. The predicted octanol–water partition coefficient (Wildman–Crippen LogP) is 2.22. The quantitative estimate of drug-likeness (QED) is 0.638. The van der Waals surface area contributed by atoms with Crippen LogP contribution in [0.15, 0.2) is 23.0 Å². The zero-order valence-corrected chi connectivity index (χ0v) is 17.8. The number of benzene rings is 1. The van der Waals surface area contributed by atoms with Gasteiger partial charge in [0.15, 0.2) is 11.2 Å². The molecule has 1 saturated heterocycles. The lowest BCUT2D eigenvalue weighted by Gasteiger charge is -2.32. The molecule has 4 rings (SSSR count). The van der Waals surface area contributed by atoms with E-state index in [1.807, 2.05) is 0 Å². The molecule has 1 N–H and O–H groups in total. The number of amides is 1. The number of nitrogens with one attached hydrogen (secondary N) is 1. The van der Waals surface area contributed by atoms with Crippen molar-refractivity contribution in [3.63, 3.8) is 0 Å². The van der Waals surface area contributed by atoms with E-state index in [0.717, 1.165) is 12.8 Å². The van der Waals surface area contributed by atoms with Gasteiger partial charge in [0.25, 0.3) is 5.56 Å². The van der Waals surface area contributed by atoms with Gasteiger partial charge in [0.05, 0.1) is 6.54 Å². The van der Waals surface area contributed by atoms with Gasteiger partial charge in [-0.25, -0.2) is 9.67 Å². The summed E-state index contributed by atoms with van der Waals surface area (Å²) >= 11 is 12.5. The molecule has 0 aliphatic carbocycles. The number of likely N-dealkylation sites (tertiary alicyclic amines) is 1. The number of H-pyrrole nitrogens is 1. The van der Waals surface area contributed by atoms with Crippen molar-refractivity contribution in [2.45, 2.75) is 25.3 Å². The van der Waals surface area contributed by atoms with Gasteiger partial charge in [0.2, 0.25) is 5.91 Å². The highest BCUT2D eigenvalue weighted by atomic mass is 35.5. The average molecular weight is 451 g/mol. The van der Waals surface area contributed by atoms with Gasteiger partial charge in [-0.2, -0.15) is 0 Å². The van der Waals surface area contributed by atoms with Crippen LogP contribution in [0, 0.1) is 0 Å². The Kier molecular flexibility index (Phi) is 6.03. The minimum Gasteiger partial charge on any atom is -0.375 e. The molecular formula is C19H20Cl2N6O3. The Morgan fingerprint density at radius 3 is 2.83 bits per heavy atom. The second kappa shape index (κ2) is 8.71. The Labute approximate surface area is 181 Å². The summed E-state index contributed by atoms with van der Waals surface area (Å²) in [6.07, 6.45) is 1.62. The molecule has 2 aromatic heterocycles. The van der Waals surface area contributed by atoms with E-state index in [4.69, 9.17) is 27.9 Å². The minimum absolute atomic E-state index is 0.0327. The molecular weight excluding hydrogens is 431 g/mol. The lowest BCUT2D eigenvalue weighted by Crippen LogP contribution is -2.41. The summed E-state index contributed by atoms with van der Waals surface area (Å²) in [5, 5.41) is 9.03. The number of hydrogen-bond acceptors (Lipinski definition) is 6. The van der Waals surface area contributed by atoms with Gasteiger partial charge >= 0.3 is 0 Å². The third-order valence-corrected chi connectivity index (χ3v) is 5.90. The fourth-order valence-electron chi connectivity index (χ4n) is 3.66. The molecule has 1 amide bonds. The van der Waals surface area contributed by atoms with Crippen LogP contribution in [-0.2, 0) is 16.1 Å². The summed E-state index contributed by atoms with van der Waals surface area (Å²) in [4.78, 5) is 34.0. The first-order chi connectivity index (χ1) is 14.5. The number of aromatic nitrogens is 5. The first-order valence-electron chi connectivity index (χ1n) is 9.51. The van der Waals surface area contributed by atoms with Crippen LogP contribution in [0.1, 0.15) is 30.1 Å². The Morgan fingerprint density at radius 2 is 2.10 bits per heavy atom. The van der Waals surface area contributed by atoms with E-state index in [9.17, 15) is 9.59 Å². The fourth-order valence-corrected chi connectivity index (χ4v) is 4.17. The van der Waals surface area contributed by atoms with Gasteiger partial charge in [-0.05, 0) is 25.0 Å². The summed E-state index contributed by atoms with van der Waals surface area (Å²) in [7, 11) is 1.49. The molecule has 1 fully saturated rings. The van der Waals surface area contributed by atoms with Crippen LogP contribution in [0.2, 0.25) is 10.0 Å². The number of carbonyl (C=O) groups excluding carboxylic acids is 1. The molecule has 1 atom stereocenters. The molecule has 3 heterocycles. The van der Waals surface area contributed by atoms with Crippen LogP contribution in [0.3, 0.4) is 0 Å². The van der Waals surface area contributed by atoms with Crippen LogP contribution in [0.4, 0.5) is 0 Å². The standard InChI is InChI=1S/C19H20Cl2N6O3/c1-30-10-15(28)26-7-3-4-11(8-26)17-22-18-16(19(29)23-17)24-25-27(18)9-12-13(20)5-2-6-14(12)21/h2,5-6,11H,3-4,7-10H2,1H3,(H,22,23,29)/t11-/m0/s1. The summed E-state index contributed by atoms with van der Waals surface area (Å²) < 4.78 is 6.46. The molecule has 1 aliphatic rings. The molecule has 0 unspecified atom stereocenters. The summed E-state index contributed by atoms with van der Waals surface area (Å²) in [5.41, 5.74) is 0.798. The SMILES string of the molecule is COCC(=O)N1CCC[C@H](c2nc3c(nnn3Cc3c(Cl)cccc3Cl)c(=O)[nH]2)C1. The highest BCUT2D eigenvalue weighted by Crippen LogP contribution is 2.27. The number of ether oxygens (including phenoxy) is 1. The number of halogens is 2. The Balaban J connectivity index is 1.67. The fraction of sp³-hybridized carbons (Fsp3) is 0.421. The zero-order valence-electron chi connectivity index (χ0n) is 16.3. The van der Waals surface area contributed by atoms with Crippen LogP contribution in [0.25, 0.3) is 11.2 Å². The molecule has 30 heavy (non-hydrogen) atoms. The normalized spacial score (nSPS) is 16.9. The van der Waals surface area contributed by atoms with E-state index in [2.05, 4.69) is 20.3 Å². The number of fused-ring (bicyclic) bond motifs is 1. The molecule has 0 spiro atoms. The maximum Gasteiger partial charge on any atom is 0.281 e. The summed E-state index contributed by atoms with van der Waals surface area (Å²) in [6.45, 7) is 1.39. The molecule has 1 aliphatic heterocycles. The van der Waals surface area contributed by atoms with Crippen LogP contribution >= 0.6 is 23.2 Å². The van der Waals surface area contributed by atoms with Crippen LogP contribution < -0.4 is 5.56 Å². The number of rotatable bonds is 5. The second-order valence-electron chi connectivity index (χ2n) is 7.18. The predicted molar refractivity (Wildman–Crippen MR) is 112 cm³/mol.